The molecule has 0 aromatic carbocycles. The van der Waals surface area contributed by atoms with Gasteiger partial charge in [0, 0.05) is 19.6 Å². The van der Waals surface area contributed by atoms with Gasteiger partial charge in [-0.1, -0.05) is 6.42 Å². The maximum absolute atomic E-state index is 9.22. The molecule has 0 spiro atoms. The molecule has 2 saturated carbocycles. The van der Waals surface area contributed by atoms with Gasteiger partial charge in [0.1, 0.15) is 0 Å². The maximum atomic E-state index is 9.22. The van der Waals surface area contributed by atoms with Crippen molar-refractivity contribution in [2.75, 3.05) is 19.7 Å². The van der Waals surface area contributed by atoms with Gasteiger partial charge in [-0.25, -0.2) is 0 Å². The van der Waals surface area contributed by atoms with Crippen LogP contribution in [0.1, 0.15) is 38.5 Å². The van der Waals surface area contributed by atoms with Crippen molar-refractivity contribution in [2.24, 2.45) is 17.3 Å². The van der Waals surface area contributed by atoms with E-state index < -0.39 is 0 Å². The van der Waals surface area contributed by atoms with Crippen molar-refractivity contribution in [1.29, 1.82) is 5.26 Å². The zero-order valence-electron chi connectivity index (χ0n) is 9.91. The SMILES string of the molecule is N#CCC1(CNCC2CCCC2CO)CC1. The second-order valence-electron chi connectivity index (χ2n) is 5.60. The first-order valence-electron chi connectivity index (χ1n) is 6.48. The number of hydrogen-bond donors (Lipinski definition) is 2. The Morgan fingerprint density at radius 2 is 2.06 bits per heavy atom. The predicted octanol–water partition coefficient (Wildman–Crippen LogP) is 1.68. The molecule has 2 N–H and O–H groups in total. The van der Waals surface area contributed by atoms with Gasteiger partial charge in [-0.05, 0) is 49.5 Å². The summed E-state index contributed by atoms with van der Waals surface area (Å²) in [4.78, 5) is 0. The first-order chi connectivity index (χ1) is 7.79. The van der Waals surface area contributed by atoms with Gasteiger partial charge in [-0.3, -0.25) is 0 Å². The van der Waals surface area contributed by atoms with Gasteiger partial charge in [0.2, 0.25) is 0 Å². The summed E-state index contributed by atoms with van der Waals surface area (Å²) in [7, 11) is 0. The number of aliphatic hydroxyl groups is 1. The van der Waals surface area contributed by atoms with Gasteiger partial charge in [-0.15, -0.1) is 0 Å². The van der Waals surface area contributed by atoms with Crippen molar-refractivity contribution in [2.45, 2.75) is 38.5 Å². The van der Waals surface area contributed by atoms with E-state index in [4.69, 9.17) is 5.26 Å². The summed E-state index contributed by atoms with van der Waals surface area (Å²) in [6.45, 7) is 2.36. The molecule has 90 valence electrons. The largest absolute Gasteiger partial charge is 0.396 e. The number of aliphatic hydroxyl groups excluding tert-OH is 1. The highest BCUT2D eigenvalue weighted by molar-refractivity contribution is 5.00. The number of rotatable bonds is 6. The van der Waals surface area contributed by atoms with Crippen LogP contribution in [0, 0.1) is 28.6 Å². The number of nitrogens with zero attached hydrogens (tertiary/aromatic N) is 1. The van der Waals surface area contributed by atoms with Crippen molar-refractivity contribution in [3.63, 3.8) is 0 Å². The quantitative estimate of drug-likeness (QED) is 0.719. The molecule has 0 amide bonds. The van der Waals surface area contributed by atoms with Crippen LogP contribution in [0.25, 0.3) is 0 Å². The summed E-state index contributed by atoms with van der Waals surface area (Å²) in [5.41, 5.74) is 0.308. The monoisotopic (exact) mass is 222 g/mol. The average molecular weight is 222 g/mol. The molecular formula is C13H22N2O. The van der Waals surface area contributed by atoms with E-state index in [9.17, 15) is 5.11 Å². The minimum Gasteiger partial charge on any atom is -0.396 e. The van der Waals surface area contributed by atoms with E-state index in [-0.39, 0.29) is 0 Å². The summed E-state index contributed by atoms with van der Waals surface area (Å²) >= 11 is 0. The van der Waals surface area contributed by atoms with Crippen LogP contribution in [0.3, 0.4) is 0 Å². The molecule has 0 aromatic rings. The van der Waals surface area contributed by atoms with E-state index >= 15 is 0 Å². The lowest BCUT2D eigenvalue weighted by molar-refractivity contribution is 0.191. The molecule has 2 fully saturated rings. The van der Waals surface area contributed by atoms with Crippen molar-refractivity contribution < 1.29 is 5.11 Å². The van der Waals surface area contributed by atoms with Gasteiger partial charge < -0.3 is 10.4 Å². The Morgan fingerprint density at radius 1 is 1.31 bits per heavy atom. The third-order valence-electron chi connectivity index (χ3n) is 4.37. The zero-order valence-corrected chi connectivity index (χ0v) is 9.91. The van der Waals surface area contributed by atoms with Crippen LogP contribution in [-0.4, -0.2) is 24.8 Å². The topological polar surface area (TPSA) is 56.0 Å². The smallest absolute Gasteiger partial charge is 0.0628 e. The van der Waals surface area contributed by atoms with E-state index in [0.29, 0.717) is 30.3 Å². The lowest BCUT2D eigenvalue weighted by Gasteiger charge is -2.19. The summed E-state index contributed by atoms with van der Waals surface area (Å²) in [5.74, 6) is 1.17. The fraction of sp³-hybridized carbons (Fsp3) is 0.923. The van der Waals surface area contributed by atoms with Gasteiger partial charge in [0.15, 0.2) is 0 Å². The molecule has 2 aliphatic rings. The van der Waals surface area contributed by atoms with Crippen molar-refractivity contribution in [1.82, 2.24) is 5.32 Å². The fourth-order valence-electron chi connectivity index (χ4n) is 2.91. The van der Waals surface area contributed by atoms with Crippen LogP contribution in [0.15, 0.2) is 0 Å². The van der Waals surface area contributed by atoms with Crippen molar-refractivity contribution in [3.8, 4) is 6.07 Å². The summed E-state index contributed by atoms with van der Waals surface area (Å²) in [6.07, 6.45) is 6.83. The highest BCUT2D eigenvalue weighted by Crippen LogP contribution is 2.47. The van der Waals surface area contributed by atoms with Crippen LogP contribution < -0.4 is 5.32 Å². The number of hydrogen-bond acceptors (Lipinski definition) is 3. The minimum atomic E-state index is 0.308. The Balaban J connectivity index is 1.66. The summed E-state index contributed by atoms with van der Waals surface area (Å²) in [6, 6.07) is 2.29. The molecule has 2 aliphatic carbocycles. The molecular weight excluding hydrogens is 200 g/mol. The first kappa shape index (κ1) is 11.9. The molecule has 0 radical (unpaired) electrons. The van der Waals surface area contributed by atoms with Crippen molar-refractivity contribution >= 4 is 0 Å². The Labute approximate surface area is 97.8 Å². The molecule has 0 heterocycles. The minimum absolute atomic E-state index is 0.308. The van der Waals surface area contributed by atoms with E-state index in [1.807, 2.05) is 0 Å². The zero-order chi connectivity index (χ0) is 11.4. The molecule has 0 bridgehead atoms. The molecule has 3 nitrogen and oxygen atoms in total. The summed E-state index contributed by atoms with van der Waals surface area (Å²) in [5, 5.41) is 21.5. The Bertz CT molecular complexity index is 268. The van der Waals surface area contributed by atoms with Crippen molar-refractivity contribution in [3.05, 3.63) is 0 Å². The molecule has 2 rings (SSSR count). The molecule has 2 unspecified atom stereocenters. The second-order valence-corrected chi connectivity index (χ2v) is 5.60. The first-order valence-corrected chi connectivity index (χ1v) is 6.48. The molecule has 0 aliphatic heterocycles. The van der Waals surface area contributed by atoms with Crippen LogP contribution in [0.2, 0.25) is 0 Å². The molecule has 3 heteroatoms. The number of nitrogens with one attached hydrogen (secondary N) is 1. The Kier molecular flexibility index (Phi) is 3.83. The summed E-state index contributed by atoms with van der Waals surface area (Å²) < 4.78 is 0. The maximum Gasteiger partial charge on any atom is 0.0628 e. The third kappa shape index (κ3) is 2.75. The van der Waals surface area contributed by atoms with Crippen LogP contribution >= 0.6 is 0 Å². The van der Waals surface area contributed by atoms with Crippen LogP contribution in [0.5, 0.6) is 0 Å². The predicted molar refractivity (Wildman–Crippen MR) is 62.7 cm³/mol. The molecule has 16 heavy (non-hydrogen) atoms. The van der Waals surface area contributed by atoms with E-state index in [0.717, 1.165) is 13.1 Å². The van der Waals surface area contributed by atoms with Crippen LogP contribution in [0.4, 0.5) is 0 Å². The highest BCUT2D eigenvalue weighted by Gasteiger charge is 2.42. The standard InChI is InChI=1S/C13H22N2O/c14-7-6-13(4-5-13)10-15-8-11-2-1-3-12(11)9-16/h11-12,15-16H,1-6,8-10H2. The molecule has 0 aromatic heterocycles. The number of nitriles is 1. The van der Waals surface area contributed by atoms with Gasteiger partial charge in [0.05, 0.1) is 6.07 Å². The van der Waals surface area contributed by atoms with Gasteiger partial charge in [-0.2, -0.15) is 5.26 Å². The van der Waals surface area contributed by atoms with Gasteiger partial charge >= 0.3 is 0 Å². The van der Waals surface area contributed by atoms with E-state index in [2.05, 4.69) is 11.4 Å². The third-order valence-corrected chi connectivity index (χ3v) is 4.37. The second kappa shape index (κ2) is 5.16. The lowest BCUT2D eigenvalue weighted by Crippen LogP contribution is -2.31. The highest BCUT2D eigenvalue weighted by atomic mass is 16.3. The van der Waals surface area contributed by atoms with Crippen LogP contribution in [-0.2, 0) is 0 Å². The Hall–Kier alpha value is -0.590. The molecule has 0 saturated heterocycles. The normalized spacial score (nSPS) is 31.2. The van der Waals surface area contributed by atoms with E-state index in [1.165, 1.54) is 32.1 Å². The Morgan fingerprint density at radius 3 is 2.69 bits per heavy atom. The lowest BCUT2D eigenvalue weighted by atomic mass is 9.96. The molecule has 2 atom stereocenters. The van der Waals surface area contributed by atoms with Gasteiger partial charge in [0.25, 0.3) is 0 Å². The van der Waals surface area contributed by atoms with E-state index in [1.54, 1.807) is 0 Å². The average Bonchev–Trinajstić information content (AvgIpc) is 2.90. The fourth-order valence-corrected chi connectivity index (χ4v) is 2.91.